The normalized spacial score (nSPS) is 13.3. The lowest BCUT2D eigenvalue weighted by atomic mass is 10.0. The zero-order chi connectivity index (χ0) is 45.7. The lowest BCUT2D eigenvalue weighted by Crippen LogP contribution is -2.37. The molecule has 0 saturated carbocycles. The summed E-state index contributed by atoms with van der Waals surface area (Å²) in [6, 6.07) is 0. The van der Waals surface area contributed by atoms with Crippen molar-refractivity contribution in [3.05, 3.63) is 0 Å². The molecule has 0 rings (SSSR count). The molecule has 2 unspecified atom stereocenters. The quantitative estimate of drug-likeness (QED) is 0.0257. The molecule has 0 aromatic carbocycles. The van der Waals surface area contributed by atoms with Crippen molar-refractivity contribution in [2.45, 2.75) is 277 Å². The van der Waals surface area contributed by atoms with Crippen LogP contribution in [0.1, 0.15) is 271 Å². The van der Waals surface area contributed by atoms with Crippen molar-refractivity contribution >= 4 is 19.8 Å². The van der Waals surface area contributed by atoms with E-state index in [-0.39, 0.29) is 32.0 Å². The predicted octanol–water partition coefficient (Wildman–Crippen LogP) is 15.3. The summed E-state index contributed by atoms with van der Waals surface area (Å²) >= 11 is 0. The van der Waals surface area contributed by atoms with Crippen molar-refractivity contribution in [3.8, 4) is 0 Å². The molecular weight excluding hydrogens is 798 g/mol. The first-order valence-electron chi connectivity index (χ1n) is 26.7. The third kappa shape index (κ3) is 48.5. The number of likely N-dealkylation sites (N-methyl/N-ethyl adjacent to an activating group) is 1. The third-order valence-electron chi connectivity index (χ3n) is 12.1. The number of hydrogen-bond acceptors (Lipinski definition) is 8. The maximum absolute atomic E-state index is 12.7. The second-order valence-corrected chi connectivity index (χ2v) is 21.0. The van der Waals surface area contributed by atoms with Gasteiger partial charge in [-0.1, -0.05) is 245 Å². The van der Waals surface area contributed by atoms with Gasteiger partial charge in [0.1, 0.15) is 19.8 Å². The standard InChI is InChI=1S/C52H104NO8P/c1-6-8-10-12-14-16-18-20-22-24-25-26-27-29-30-32-34-36-38-40-42-44-51(54)58-48-50(49-60-62(56,57)59-47-46-53(3,4)5)61-52(55)45-43-41-39-37-35-33-31-28-23-21-19-17-15-13-11-9-7-2/h50H,6-49H2,1-5H3. The van der Waals surface area contributed by atoms with Gasteiger partial charge in [-0.05, 0) is 12.8 Å². The van der Waals surface area contributed by atoms with Gasteiger partial charge < -0.3 is 27.9 Å². The number of carbonyl (C=O) groups excluding carboxylic acids is 2. The number of esters is 2. The van der Waals surface area contributed by atoms with Gasteiger partial charge in [-0.25, -0.2) is 0 Å². The zero-order valence-electron chi connectivity index (χ0n) is 41.9. The molecule has 0 radical (unpaired) electrons. The van der Waals surface area contributed by atoms with Gasteiger partial charge in [0, 0.05) is 12.8 Å². The number of ether oxygens (including phenoxy) is 2. The highest BCUT2D eigenvalue weighted by atomic mass is 31.2. The fraction of sp³-hybridized carbons (Fsp3) is 0.962. The van der Waals surface area contributed by atoms with Gasteiger partial charge in [0.25, 0.3) is 7.82 Å². The van der Waals surface area contributed by atoms with Crippen LogP contribution in [0.2, 0.25) is 0 Å². The smallest absolute Gasteiger partial charge is 0.306 e. The molecule has 0 saturated heterocycles. The Hall–Kier alpha value is -0.990. The Morgan fingerprint density at radius 3 is 1.03 bits per heavy atom. The SMILES string of the molecule is CCCCCCCCCCCCCCCCCCCCCCCC(=O)OCC(COP(=O)([O-])OCC[N+](C)(C)C)OC(=O)CCCCCCCCCCCCCCCCCCC. The van der Waals surface area contributed by atoms with Crippen LogP contribution >= 0.6 is 7.82 Å². The molecule has 0 fully saturated rings. The molecule has 10 heteroatoms. The molecule has 0 N–H and O–H groups in total. The van der Waals surface area contributed by atoms with E-state index in [4.69, 9.17) is 18.5 Å². The molecule has 0 spiro atoms. The Labute approximate surface area is 384 Å². The maximum atomic E-state index is 12.7. The topological polar surface area (TPSA) is 111 Å². The Balaban J connectivity index is 4.16. The molecule has 9 nitrogen and oxygen atoms in total. The van der Waals surface area contributed by atoms with Crippen LogP contribution in [0.4, 0.5) is 0 Å². The van der Waals surface area contributed by atoms with E-state index in [1.165, 1.54) is 205 Å². The number of phosphoric acid groups is 1. The summed E-state index contributed by atoms with van der Waals surface area (Å²) in [6.07, 6.45) is 48.5. The van der Waals surface area contributed by atoms with Crippen molar-refractivity contribution < 1.29 is 42.1 Å². The predicted molar refractivity (Wildman–Crippen MR) is 259 cm³/mol. The van der Waals surface area contributed by atoms with Crippen LogP contribution in [0.3, 0.4) is 0 Å². The van der Waals surface area contributed by atoms with Gasteiger partial charge in [0.15, 0.2) is 6.10 Å². The first-order chi connectivity index (χ1) is 30.0. The van der Waals surface area contributed by atoms with Crippen LogP contribution in [0.15, 0.2) is 0 Å². The Morgan fingerprint density at radius 1 is 0.435 bits per heavy atom. The summed E-state index contributed by atoms with van der Waals surface area (Å²) in [5, 5.41) is 0. The first-order valence-corrected chi connectivity index (χ1v) is 28.2. The van der Waals surface area contributed by atoms with E-state index < -0.39 is 26.5 Å². The highest BCUT2D eigenvalue weighted by molar-refractivity contribution is 7.45. The van der Waals surface area contributed by atoms with Crippen LogP contribution in [0, 0.1) is 0 Å². The molecule has 62 heavy (non-hydrogen) atoms. The van der Waals surface area contributed by atoms with Crippen LogP contribution < -0.4 is 4.89 Å². The van der Waals surface area contributed by atoms with Crippen molar-refractivity contribution in [2.75, 3.05) is 47.5 Å². The van der Waals surface area contributed by atoms with E-state index in [1.807, 2.05) is 21.1 Å². The average molecular weight is 902 g/mol. The number of carbonyl (C=O) groups is 2. The molecule has 370 valence electrons. The molecule has 0 aliphatic rings. The molecule has 0 aromatic heterocycles. The number of nitrogens with zero attached hydrogens (tertiary/aromatic N) is 1. The average Bonchev–Trinajstić information content (AvgIpc) is 3.23. The van der Waals surface area contributed by atoms with E-state index in [1.54, 1.807) is 0 Å². The Bertz CT molecular complexity index is 1020. The van der Waals surface area contributed by atoms with E-state index >= 15 is 0 Å². The molecule has 0 aromatic rings. The number of quaternary nitrogens is 1. The number of rotatable bonds is 50. The Kier molecular flexibility index (Phi) is 44.5. The third-order valence-corrected chi connectivity index (χ3v) is 13.1. The van der Waals surface area contributed by atoms with Gasteiger partial charge in [-0.3, -0.25) is 14.2 Å². The first kappa shape index (κ1) is 61.0. The zero-order valence-corrected chi connectivity index (χ0v) is 42.7. The minimum atomic E-state index is -4.62. The molecule has 2 atom stereocenters. The van der Waals surface area contributed by atoms with E-state index in [0.29, 0.717) is 17.4 Å². The number of phosphoric ester groups is 1. The van der Waals surface area contributed by atoms with Gasteiger partial charge in [0.2, 0.25) is 0 Å². The van der Waals surface area contributed by atoms with Gasteiger partial charge in [-0.15, -0.1) is 0 Å². The van der Waals surface area contributed by atoms with Crippen LogP contribution in [0.25, 0.3) is 0 Å². The van der Waals surface area contributed by atoms with E-state index in [9.17, 15) is 19.0 Å². The fourth-order valence-electron chi connectivity index (χ4n) is 7.95. The molecule has 0 heterocycles. The van der Waals surface area contributed by atoms with Gasteiger partial charge in [0.05, 0.1) is 27.7 Å². The molecule has 0 aliphatic carbocycles. The summed E-state index contributed by atoms with van der Waals surface area (Å²) < 4.78 is 34.1. The van der Waals surface area contributed by atoms with Crippen molar-refractivity contribution in [1.29, 1.82) is 0 Å². The minimum Gasteiger partial charge on any atom is -0.756 e. The lowest BCUT2D eigenvalue weighted by molar-refractivity contribution is -0.870. The highest BCUT2D eigenvalue weighted by Crippen LogP contribution is 2.38. The van der Waals surface area contributed by atoms with Crippen molar-refractivity contribution in [1.82, 2.24) is 0 Å². The van der Waals surface area contributed by atoms with Crippen LogP contribution in [-0.2, 0) is 32.7 Å². The van der Waals surface area contributed by atoms with Crippen LogP contribution in [-0.4, -0.2) is 70.0 Å². The summed E-state index contributed by atoms with van der Waals surface area (Å²) in [4.78, 5) is 37.7. The molecule has 0 bridgehead atoms. The number of unbranched alkanes of at least 4 members (excludes halogenated alkanes) is 36. The minimum absolute atomic E-state index is 0.0253. The number of hydrogen-bond donors (Lipinski definition) is 0. The monoisotopic (exact) mass is 902 g/mol. The van der Waals surface area contributed by atoms with E-state index in [2.05, 4.69) is 13.8 Å². The summed E-state index contributed by atoms with van der Waals surface area (Å²) in [5.74, 6) is -0.812. The van der Waals surface area contributed by atoms with Gasteiger partial charge >= 0.3 is 11.9 Å². The largest absolute Gasteiger partial charge is 0.756 e. The second kappa shape index (κ2) is 45.2. The molecular formula is C52H104NO8P. The highest BCUT2D eigenvalue weighted by Gasteiger charge is 2.21. The molecule has 0 aliphatic heterocycles. The summed E-state index contributed by atoms with van der Waals surface area (Å²) in [7, 11) is 1.19. The Morgan fingerprint density at radius 2 is 0.726 bits per heavy atom. The fourth-order valence-corrected chi connectivity index (χ4v) is 8.68. The summed E-state index contributed by atoms with van der Waals surface area (Å²) in [5.41, 5.74) is 0. The lowest BCUT2D eigenvalue weighted by Gasteiger charge is -2.28. The maximum Gasteiger partial charge on any atom is 0.306 e. The van der Waals surface area contributed by atoms with Crippen molar-refractivity contribution in [3.63, 3.8) is 0 Å². The van der Waals surface area contributed by atoms with E-state index in [0.717, 1.165) is 32.1 Å². The molecule has 0 amide bonds. The summed E-state index contributed by atoms with van der Waals surface area (Å²) in [6.45, 7) is 4.30. The van der Waals surface area contributed by atoms with Crippen LogP contribution in [0.5, 0.6) is 0 Å². The van der Waals surface area contributed by atoms with Crippen molar-refractivity contribution in [2.24, 2.45) is 0 Å². The van der Waals surface area contributed by atoms with Gasteiger partial charge in [-0.2, -0.15) is 0 Å². The second-order valence-electron chi connectivity index (χ2n) is 19.6.